The second-order valence-corrected chi connectivity index (χ2v) is 4.14. The van der Waals surface area contributed by atoms with Gasteiger partial charge in [0, 0.05) is 24.6 Å². The van der Waals surface area contributed by atoms with Gasteiger partial charge in [-0.2, -0.15) is 0 Å². The molecule has 0 saturated carbocycles. The van der Waals surface area contributed by atoms with Crippen LogP contribution in [0, 0.1) is 0 Å². The average Bonchev–Trinajstić information content (AvgIpc) is 2.36. The summed E-state index contributed by atoms with van der Waals surface area (Å²) in [5.74, 6) is 0.229. The molecule has 94 valence electrons. The summed E-state index contributed by atoms with van der Waals surface area (Å²) in [6.07, 6.45) is 3.20. The first kappa shape index (κ1) is 12.4. The van der Waals surface area contributed by atoms with Gasteiger partial charge in [0.25, 0.3) is 5.56 Å². The number of nitrogens with one attached hydrogen (secondary N) is 1. The van der Waals surface area contributed by atoms with E-state index in [2.05, 4.69) is 10.3 Å². The van der Waals surface area contributed by atoms with Gasteiger partial charge in [0.1, 0.15) is 0 Å². The molecule has 18 heavy (non-hydrogen) atoms. The normalized spacial score (nSPS) is 10.3. The summed E-state index contributed by atoms with van der Waals surface area (Å²) in [7, 11) is 0. The van der Waals surface area contributed by atoms with E-state index in [0.717, 1.165) is 0 Å². The zero-order valence-electron chi connectivity index (χ0n) is 9.85. The molecule has 3 N–H and O–H groups in total. The maximum Gasteiger partial charge on any atom is 0.293 e. The fourth-order valence-electron chi connectivity index (χ4n) is 1.55. The molecule has 0 fully saturated rings. The van der Waals surface area contributed by atoms with Crippen molar-refractivity contribution < 1.29 is 0 Å². The van der Waals surface area contributed by atoms with E-state index < -0.39 is 0 Å². The second kappa shape index (κ2) is 5.10. The van der Waals surface area contributed by atoms with Crippen LogP contribution in [0.5, 0.6) is 0 Å². The summed E-state index contributed by atoms with van der Waals surface area (Å²) in [5, 5.41) is 3.38. The number of benzene rings is 1. The lowest BCUT2D eigenvalue weighted by molar-refractivity contribution is 0.720. The van der Waals surface area contributed by atoms with Crippen LogP contribution in [0.15, 0.2) is 35.4 Å². The zero-order valence-corrected chi connectivity index (χ0v) is 10.6. The predicted molar refractivity (Wildman–Crippen MR) is 73.3 cm³/mol. The smallest absolute Gasteiger partial charge is 0.293 e. The molecule has 1 aromatic heterocycles. The first-order chi connectivity index (χ1) is 8.61. The number of hydrogen-bond acceptors (Lipinski definition) is 4. The summed E-state index contributed by atoms with van der Waals surface area (Å²) in [6, 6.07) is 5.02. The Morgan fingerprint density at radius 3 is 3.00 bits per heavy atom. The number of aryl methyl sites for hydroxylation is 1. The Morgan fingerprint density at radius 1 is 1.50 bits per heavy atom. The van der Waals surface area contributed by atoms with E-state index in [1.807, 2.05) is 6.92 Å². The molecule has 6 heteroatoms. The van der Waals surface area contributed by atoms with Crippen LogP contribution >= 0.6 is 11.6 Å². The third kappa shape index (κ3) is 2.46. The van der Waals surface area contributed by atoms with Gasteiger partial charge in [-0.1, -0.05) is 11.6 Å². The molecule has 0 aliphatic rings. The Morgan fingerprint density at radius 2 is 2.28 bits per heavy atom. The van der Waals surface area contributed by atoms with E-state index in [1.165, 1.54) is 0 Å². The molecule has 0 spiro atoms. The molecule has 0 atom stereocenters. The number of nitrogens with two attached hydrogens (primary N) is 1. The molecule has 5 nitrogen and oxygen atoms in total. The predicted octanol–water partition coefficient (Wildman–Crippen LogP) is 2.24. The molecule has 0 saturated heterocycles. The van der Waals surface area contributed by atoms with Crippen molar-refractivity contribution in [1.29, 1.82) is 0 Å². The Bertz CT molecular complexity index is 624. The van der Waals surface area contributed by atoms with Crippen molar-refractivity contribution in [3.63, 3.8) is 0 Å². The van der Waals surface area contributed by atoms with Gasteiger partial charge in [-0.3, -0.25) is 4.79 Å². The summed E-state index contributed by atoms with van der Waals surface area (Å²) in [5.41, 5.74) is 6.61. The van der Waals surface area contributed by atoms with Crippen LogP contribution in [0.25, 0.3) is 0 Å². The molecule has 2 aromatic rings. The van der Waals surface area contributed by atoms with Crippen molar-refractivity contribution >= 4 is 28.8 Å². The van der Waals surface area contributed by atoms with Crippen LogP contribution in [0.4, 0.5) is 17.2 Å². The molecular weight excluding hydrogens is 252 g/mol. The van der Waals surface area contributed by atoms with Gasteiger partial charge in [0.2, 0.25) is 0 Å². The van der Waals surface area contributed by atoms with Crippen molar-refractivity contribution in [3.8, 4) is 0 Å². The lowest BCUT2D eigenvalue weighted by Gasteiger charge is -2.09. The number of nitrogen functional groups attached to an aromatic ring is 1. The van der Waals surface area contributed by atoms with E-state index in [0.29, 0.717) is 22.9 Å². The minimum absolute atomic E-state index is 0.196. The molecule has 0 aliphatic heterocycles. The number of nitrogens with zero attached hydrogens (tertiary/aromatic N) is 2. The molecule has 0 bridgehead atoms. The van der Waals surface area contributed by atoms with Gasteiger partial charge in [-0.05, 0) is 25.1 Å². The fourth-order valence-corrected chi connectivity index (χ4v) is 1.71. The Labute approximate surface area is 109 Å². The first-order valence-corrected chi connectivity index (χ1v) is 5.87. The summed E-state index contributed by atoms with van der Waals surface area (Å²) in [4.78, 5) is 16.0. The fraction of sp³-hybridized carbons (Fsp3) is 0.167. The Hall–Kier alpha value is -2.01. The van der Waals surface area contributed by atoms with Crippen LogP contribution in [0.2, 0.25) is 5.02 Å². The Kier molecular flexibility index (Phi) is 3.53. The summed E-state index contributed by atoms with van der Waals surface area (Å²) < 4.78 is 1.55. The van der Waals surface area contributed by atoms with Gasteiger partial charge in [-0.25, -0.2) is 4.98 Å². The maximum absolute atomic E-state index is 12.0. The van der Waals surface area contributed by atoms with E-state index >= 15 is 0 Å². The van der Waals surface area contributed by atoms with Crippen molar-refractivity contribution in [1.82, 2.24) is 9.55 Å². The topological polar surface area (TPSA) is 72.9 Å². The van der Waals surface area contributed by atoms with Gasteiger partial charge < -0.3 is 15.6 Å². The number of halogens is 1. The number of aromatic nitrogens is 2. The molecule has 1 heterocycles. The van der Waals surface area contributed by atoms with Crippen molar-refractivity contribution in [3.05, 3.63) is 46.0 Å². The highest BCUT2D eigenvalue weighted by molar-refractivity contribution is 6.33. The van der Waals surface area contributed by atoms with Crippen LogP contribution in [0.1, 0.15) is 6.92 Å². The van der Waals surface area contributed by atoms with Gasteiger partial charge in [-0.15, -0.1) is 0 Å². The van der Waals surface area contributed by atoms with Crippen LogP contribution in [-0.2, 0) is 6.54 Å². The van der Waals surface area contributed by atoms with E-state index in [1.54, 1.807) is 35.2 Å². The summed E-state index contributed by atoms with van der Waals surface area (Å²) >= 11 is 6.02. The SMILES string of the molecule is CCn1ccnc(Nc2cc(N)ccc2Cl)c1=O. The van der Waals surface area contributed by atoms with E-state index in [4.69, 9.17) is 17.3 Å². The van der Waals surface area contributed by atoms with Gasteiger partial charge in [0.15, 0.2) is 5.82 Å². The zero-order chi connectivity index (χ0) is 13.1. The van der Waals surface area contributed by atoms with E-state index in [9.17, 15) is 4.79 Å². The Balaban J connectivity index is 2.40. The first-order valence-electron chi connectivity index (χ1n) is 5.49. The number of anilines is 3. The average molecular weight is 265 g/mol. The molecule has 1 aromatic carbocycles. The van der Waals surface area contributed by atoms with Gasteiger partial charge >= 0.3 is 0 Å². The lowest BCUT2D eigenvalue weighted by atomic mass is 10.3. The van der Waals surface area contributed by atoms with Crippen LogP contribution in [-0.4, -0.2) is 9.55 Å². The monoisotopic (exact) mass is 264 g/mol. The van der Waals surface area contributed by atoms with Crippen molar-refractivity contribution in [2.75, 3.05) is 11.1 Å². The highest BCUT2D eigenvalue weighted by atomic mass is 35.5. The van der Waals surface area contributed by atoms with Crippen molar-refractivity contribution in [2.45, 2.75) is 13.5 Å². The quantitative estimate of drug-likeness (QED) is 0.834. The number of hydrogen-bond donors (Lipinski definition) is 2. The second-order valence-electron chi connectivity index (χ2n) is 3.73. The van der Waals surface area contributed by atoms with Crippen LogP contribution in [0.3, 0.4) is 0 Å². The minimum Gasteiger partial charge on any atom is -0.399 e. The highest BCUT2D eigenvalue weighted by Gasteiger charge is 2.07. The van der Waals surface area contributed by atoms with Crippen molar-refractivity contribution in [2.24, 2.45) is 0 Å². The molecule has 0 radical (unpaired) electrons. The minimum atomic E-state index is -0.196. The van der Waals surface area contributed by atoms with E-state index in [-0.39, 0.29) is 11.4 Å². The third-order valence-electron chi connectivity index (χ3n) is 2.50. The van der Waals surface area contributed by atoms with Crippen LogP contribution < -0.4 is 16.6 Å². The molecular formula is C12H13ClN4O. The lowest BCUT2D eigenvalue weighted by Crippen LogP contribution is -2.22. The number of rotatable bonds is 3. The standard InChI is InChI=1S/C12H13ClN4O/c1-2-17-6-5-15-11(12(17)18)16-10-7-8(14)3-4-9(10)13/h3-7H,2,14H2,1H3,(H,15,16). The molecule has 0 aliphatic carbocycles. The molecule has 2 rings (SSSR count). The summed E-state index contributed by atoms with van der Waals surface area (Å²) in [6.45, 7) is 2.47. The third-order valence-corrected chi connectivity index (χ3v) is 2.83. The largest absolute Gasteiger partial charge is 0.399 e. The highest BCUT2D eigenvalue weighted by Crippen LogP contribution is 2.25. The maximum atomic E-state index is 12.0. The van der Waals surface area contributed by atoms with Gasteiger partial charge in [0.05, 0.1) is 10.7 Å². The molecule has 0 amide bonds. The molecule has 0 unspecified atom stereocenters.